The van der Waals surface area contributed by atoms with Crippen molar-refractivity contribution in [2.45, 2.75) is 6.92 Å². The Balaban J connectivity index is 2.93. The van der Waals surface area contributed by atoms with E-state index >= 15 is 0 Å². The maximum absolute atomic E-state index is 11.3. The van der Waals surface area contributed by atoms with E-state index in [4.69, 9.17) is 0 Å². The normalized spacial score (nSPS) is 10.3. The SMILES string of the molecule is COC(=O)C=Cc1cnc(C(=O)OC)c(C)c1. The number of rotatable bonds is 3. The van der Waals surface area contributed by atoms with Crippen molar-refractivity contribution in [1.82, 2.24) is 4.98 Å². The van der Waals surface area contributed by atoms with Crippen molar-refractivity contribution in [3.63, 3.8) is 0 Å². The van der Waals surface area contributed by atoms with Crippen LogP contribution >= 0.6 is 0 Å². The van der Waals surface area contributed by atoms with Crippen LogP contribution < -0.4 is 0 Å². The van der Waals surface area contributed by atoms with Crippen LogP contribution in [0.5, 0.6) is 0 Å². The van der Waals surface area contributed by atoms with E-state index in [9.17, 15) is 9.59 Å². The zero-order valence-electron chi connectivity index (χ0n) is 9.89. The molecule has 5 nitrogen and oxygen atoms in total. The van der Waals surface area contributed by atoms with Gasteiger partial charge >= 0.3 is 11.9 Å². The number of ether oxygens (including phenoxy) is 2. The molecule has 0 aromatic carbocycles. The van der Waals surface area contributed by atoms with E-state index in [0.29, 0.717) is 11.1 Å². The number of pyridine rings is 1. The predicted molar refractivity (Wildman–Crippen MR) is 61.4 cm³/mol. The molecule has 0 spiro atoms. The molecule has 1 aromatic rings. The van der Waals surface area contributed by atoms with Crippen molar-refractivity contribution in [1.29, 1.82) is 0 Å². The van der Waals surface area contributed by atoms with Crippen LogP contribution in [-0.4, -0.2) is 31.1 Å². The number of nitrogens with zero attached hydrogens (tertiary/aromatic N) is 1. The Morgan fingerprint density at radius 3 is 2.53 bits per heavy atom. The van der Waals surface area contributed by atoms with Gasteiger partial charge in [-0.1, -0.05) is 0 Å². The minimum absolute atomic E-state index is 0.266. The fraction of sp³-hybridized carbons (Fsp3) is 0.250. The van der Waals surface area contributed by atoms with Gasteiger partial charge in [0.05, 0.1) is 14.2 Å². The van der Waals surface area contributed by atoms with Crippen LogP contribution in [0.2, 0.25) is 0 Å². The van der Waals surface area contributed by atoms with Gasteiger partial charge in [-0.2, -0.15) is 0 Å². The van der Waals surface area contributed by atoms with Crippen molar-refractivity contribution >= 4 is 18.0 Å². The molecule has 0 fully saturated rings. The molecule has 90 valence electrons. The summed E-state index contributed by atoms with van der Waals surface area (Å²) in [5, 5.41) is 0. The second-order valence-corrected chi connectivity index (χ2v) is 3.28. The lowest BCUT2D eigenvalue weighted by Gasteiger charge is -2.03. The molecule has 0 aliphatic heterocycles. The van der Waals surface area contributed by atoms with Gasteiger partial charge in [0.15, 0.2) is 5.69 Å². The van der Waals surface area contributed by atoms with Gasteiger partial charge in [-0.05, 0) is 30.2 Å². The van der Waals surface area contributed by atoms with Crippen LogP contribution in [0.1, 0.15) is 21.6 Å². The summed E-state index contributed by atoms with van der Waals surface area (Å²) in [5.74, 6) is -0.925. The van der Waals surface area contributed by atoms with E-state index < -0.39 is 11.9 Å². The molecule has 5 heteroatoms. The van der Waals surface area contributed by atoms with Crippen LogP contribution in [0, 0.1) is 6.92 Å². The van der Waals surface area contributed by atoms with Gasteiger partial charge in [0.25, 0.3) is 0 Å². The average Bonchev–Trinajstić information content (AvgIpc) is 2.35. The first-order chi connectivity index (χ1) is 8.08. The molecule has 0 bridgehead atoms. The Morgan fingerprint density at radius 2 is 2.00 bits per heavy atom. The van der Waals surface area contributed by atoms with E-state index in [1.165, 1.54) is 26.5 Å². The van der Waals surface area contributed by atoms with Crippen molar-refractivity contribution in [2.75, 3.05) is 14.2 Å². The molecule has 0 saturated carbocycles. The number of methoxy groups -OCH3 is 2. The molecule has 1 heterocycles. The Labute approximate surface area is 99.1 Å². The van der Waals surface area contributed by atoms with Crippen LogP contribution in [-0.2, 0) is 14.3 Å². The van der Waals surface area contributed by atoms with Crippen molar-refractivity contribution in [2.24, 2.45) is 0 Å². The maximum Gasteiger partial charge on any atom is 0.356 e. The van der Waals surface area contributed by atoms with Crippen LogP contribution in [0.3, 0.4) is 0 Å². The van der Waals surface area contributed by atoms with Crippen molar-refractivity contribution in [3.05, 3.63) is 35.2 Å². The van der Waals surface area contributed by atoms with Crippen molar-refractivity contribution < 1.29 is 19.1 Å². The molecular weight excluding hydrogens is 222 g/mol. The summed E-state index contributed by atoms with van der Waals surface area (Å²) < 4.78 is 9.04. The highest BCUT2D eigenvalue weighted by molar-refractivity contribution is 5.89. The first-order valence-electron chi connectivity index (χ1n) is 4.89. The van der Waals surface area contributed by atoms with E-state index in [1.54, 1.807) is 19.1 Å². The minimum atomic E-state index is -0.481. The van der Waals surface area contributed by atoms with Gasteiger partial charge < -0.3 is 9.47 Å². The fourth-order valence-electron chi connectivity index (χ4n) is 1.23. The molecule has 0 N–H and O–H groups in total. The molecule has 0 radical (unpaired) electrons. The number of aryl methyl sites for hydroxylation is 1. The summed E-state index contributed by atoms with van der Waals surface area (Å²) in [7, 11) is 2.60. The Kier molecular flexibility index (Phi) is 4.39. The molecule has 17 heavy (non-hydrogen) atoms. The Bertz CT molecular complexity index is 466. The Hall–Kier alpha value is -2.17. The van der Waals surface area contributed by atoms with E-state index in [0.717, 1.165) is 0 Å². The molecule has 0 aliphatic rings. The highest BCUT2D eigenvalue weighted by atomic mass is 16.5. The van der Waals surface area contributed by atoms with Crippen LogP contribution in [0.15, 0.2) is 18.3 Å². The topological polar surface area (TPSA) is 65.5 Å². The second kappa shape index (κ2) is 5.79. The molecule has 0 amide bonds. The third-order valence-electron chi connectivity index (χ3n) is 2.09. The summed E-state index contributed by atoms with van der Waals surface area (Å²) in [5.41, 5.74) is 1.66. The number of esters is 2. The number of carbonyl (C=O) groups excluding carboxylic acids is 2. The van der Waals surface area contributed by atoms with Gasteiger partial charge in [0.1, 0.15) is 0 Å². The standard InChI is InChI=1S/C12H13NO4/c1-8-6-9(4-5-10(14)16-2)7-13-11(8)12(15)17-3/h4-7H,1-3H3. The summed E-state index contributed by atoms with van der Waals surface area (Å²) in [4.78, 5) is 26.1. The summed E-state index contributed by atoms with van der Waals surface area (Å²) in [6, 6.07) is 1.73. The number of hydrogen-bond acceptors (Lipinski definition) is 5. The third-order valence-corrected chi connectivity index (χ3v) is 2.09. The molecule has 0 aliphatic carbocycles. The van der Waals surface area contributed by atoms with E-state index in [2.05, 4.69) is 14.5 Å². The zero-order chi connectivity index (χ0) is 12.8. The monoisotopic (exact) mass is 235 g/mol. The molecule has 1 rings (SSSR count). The van der Waals surface area contributed by atoms with Crippen LogP contribution in [0.25, 0.3) is 6.08 Å². The van der Waals surface area contributed by atoms with E-state index in [-0.39, 0.29) is 5.69 Å². The largest absolute Gasteiger partial charge is 0.466 e. The molecule has 1 aromatic heterocycles. The minimum Gasteiger partial charge on any atom is -0.466 e. The lowest BCUT2D eigenvalue weighted by molar-refractivity contribution is -0.134. The highest BCUT2D eigenvalue weighted by Gasteiger charge is 2.10. The van der Waals surface area contributed by atoms with Gasteiger partial charge in [-0.25, -0.2) is 14.6 Å². The summed E-state index contributed by atoms with van der Waals surface area (Å²) in [6.07, 6.45) is 4.33. The van der Waals surface area contributed by atoms with E-state index in [1.807, 2.05) is 0 Å². The number of carbonyl (C=O) groups is 2. The summed E-state index contributed by atoms with van der Waals surface area (Å²) >= 11 is 0. The predicted octanol–water partition coefficient (Wildman–Crippen LogP) is 1.36. The quantitative estimate of drug-likeness (QED) is 0.584. The second-order valence-electron chi connectivity index (χ2n) is 3.28. The average molecular weight is 235 g/mol. The van der Waals surface area contributed by atoms with Gasteiger partial charge in [0.2, 0.25) is 0 Å². The lowest BCUT2D eigenvalue weighted by atomic mass is 10.1. The van der Waals surface area contributed by atoms with Crippen molar-refractivity contribution in [3.8, 4) is 0 Å². The first-order valence-corrected chi connectivity index (χ1v) is 4.89. The number of aromatic nitrogens is 1. The lowest BCUT2D eigenvalue weighted by Crippen LogP contribution is -2.06. The number of hydrogen-bond donors (Lipinski definition) is 0. The smallest absolute Gasteiger partial charge is 0.356 e. The fourth-order valence-corrected chi connectivity index (χ4v) is 1.23. The molecular formula is C12H13NO4. The maximum atomic E-state index is 11.3. The Morgan fingerprint density at radius 1 is 1.29 bits per heavy atom. The van der Waals surface area contributed by atoms with Gasteiger partial charge in [0, 0.05) is 12.3 Å². The third kappa shape index (κ3) is 3.41. The summed E-state index contributed by atoms with van der Waals surface area (Å²) in [6.45, 7) is 1.74. The zero-order valence-corrected chi connectivity index (χ0v) is 9.89. The van der Waals surface area contributed by atoms with Gasteiger partial charge in [-0.3, -0.25) is 0 Å². The molecule has 0 atom stereocenters. The van der Waals surface area contributed by atoms with Gasteiger partial charge in [-0.15, -0.1) is 0 Å². The molecule has 0 saturated heterocycles. The molecule has 0 unspecified atom stereocenters. The highest BCUT2D eigenvalue weighted by Crippen LogP contribution is 2.10. The first kappa shape index (κ1) is 12.9. The van der Waals surface area contributed by atoms with Crippen LogP contribution in [0.4, 0.5) is 0 Å².